The second-order valence-corrected chi connectivity index (χ2v) is 4.95. The summed E-state index contributed by atoms with van der Waals surface area (Å²) in [6.45, 7) is 2.29. The standard InChI is InChI=1S/C13H17N3O/c1-13(9-17)6-2-3-11(13)16-12-5-4-10(7-14)8-15-12/h4-5,8,11,17H,2-3,6,9H2,1H3,(H,15,16)/t11-,13+/m1/s1. The van der Waals surface area contributed by atoms with Gasteiger partial charge in [-0.3, -0.25) is 0 Å². The molecule has 0 bridgehead atoms. The minimum atomic E-state index is -0.0599. The van der Waals surface area contributed by atoms with Crippen LogP contribution < -0.4 is 5.32 Å². The van der Waals surface area contributed by atoms with E-state index < -0.39 is 0 Å². The van der Waals surface area contributed by atoms with E-state index in [-0.39, 0.29) is 18.1 Å². The van der Waals surface area contributed by atoms with Crippen LogP contribution in [0.3, 0.4) is 0 Å². The summed E-state index contributed by atoms with van der Waals surface area (Å²) in [5.74, 6) is 0.774. The number of nitriles is 1. The topological polar surface area (TPSA) is 68.9 Å². The quantitative estimate of drug-likeness (QED) is 0.833. The molecule has 0 aromatic carbocycles. The lowest BCUT2D eigenvalue weighted by Gasteiger charge is -2.30. The Morgan fingerprint density at radius 1 is 1.65 bits per heavy atom. The maximum Gasteiger partial charge on any atom is 0.126 e. The summed E-state index contributed by atoms with van der Waals surface area (Å²) in [6, 6.07) is 5.87. The lowest BCUT2D eigenvalue weighted by Crippen LogP contribution is -2.36. The number of hydrogen-bond donors (Lipinski definition) is 2. The van der Waals surface area contributed by atoms with Gasteiger partial charge in [0.25, 0.3) is 0 Å². The number of hydrogen-bond acceptors (Lipinski definition) is 4. The summed E-state index contributed by atoms with van der Waals surface area (Å²) in [5.41, 5.74) is 0.502. The van der Waals surface area contributed by atoms with Gasteiger partial charge in [0.1, 0.15) is 11.9 Å². The summed E-state index contributed by atoms with van der Waals surface area (Å²) in [6.07, 6.45) is 4.79. The maximum atomic E-state index is 9.45. The van der Waals surface area contributed by atoms with Crippen LogP contribution in [-0.4, -0.2) is 22.7 Å². The molecule has 1 aliphatic carbocycles. The average Bonchev–Trinajstić information content (AvgIpc) is 2.73. The van der Waals surface area contributed by atoms with Gasteiger partial charge in [-0.15, -0.1) is 0 Å². The normalized spacial score (nSPS) is 27.7. The van der Waals surface area contributed by atoms with E-state index in [4.69, 9.17) is 5.26 Å². The molecule has 0 aliphatic heterocycles. The highest BCUT2D eigenvalue weighted by Crippen LogP contribution is 2.38. The second kappa shape index (κ2) is 4.72. The van der Waals surface area contributed by atoms with Crippen molar-refractivity contribution >= 4 is 5.82 Å². The van der Waals surface area contributed by atoms with Crippen molar-refractivity contribution < 1.29 is 5.11 Å². The summed E-state index contributed by atoms with van der Waals surface area (Å²) in [5, 5.41) is 21.5. The fourth-order valence-corrected chi connectivity index (χ4v) is 2.39. The molecule has 0 unspecified atom stereocenters. The molecule has 2 atom stereocenters. The molecule has 0 spiro atoms. The summed E-state index contributed by atoms with van der Waals surface area (Å²) < 4.78 is 0. The van der Waals surface area contributed by atoms with E-state index in [0.717, 1.165) is 25.1 Å². The Kier molecular flexibility index (Phi) is 3.30. The Morgan fingerprint density at radius 3 is 3.06 bits per heavy atom. The molecular formula is C13H17N3O. The summed E-state index contributed by atoms with van der Waals surface area (Å²) >= 11 is 0. The van der Waals surface area contributed by atoms with Crippen LogP contribution in [0.4, 0.5) is 5.82 Å². The summed E-state index contributed by atoms with van der Waals surface area (Å²) in [4.78, 5) is 4.20. The third kappa shape index (κ3) is 2.40. The van der Waals surface area contributed by atoms with Crippen LogP contribution in [0, 0.1) is 16.7 Å². The van der Waals surface area contributed by atoms with Gasteiger partial charge in [0, 0.05) is 17.7 Å². The van der Waals surface area contributed by atoms with E-state index in [1.807, 2.05) is 12.1 Å². The SMILES string of the molecule is C[C@@]1(CO)CCC[C@H]1Nc1ccc(C#N)cn1. The monoisotopic (exact) mass is 231 g/mol. The third-order valence-electron chi connectivity index (χ3n) is 3.66. The zero-order chi connectivity index (χ0) is 12.3. The fraction of sp³-hybridized carbons (Fsp3) is 0.538. The molecule has 90 valence electrons. The van der Waals surface area contributed by atoms with Crippen molar-refractivity contribution in [1.29, 1.82) is 5.26 Å². The van der Waals surface area contributed by atoms with Gasteiger partial charge in [-0.2, -0.15) is 5.26 Å². The van der Waals surface area contributed by atoms with Crippen LogP contribution in [0.5, 0.6) is 0 Å². The van der Waals surface area contributed by atoms with Gasteiger partial charge in [-0.1, -0.05) is 13.3 Å². The Labute approximate surface area is 101 Å². The van der Waals surface area contributed by atoms with E-state index in [1.54, 1.807) is 12.3 Å². The van der Waals surface area contributed by atoms with Crippen LogP contribution in [0.1, 0.15) is 31.7 Å². The maximum absolute atomic E-state index is 9.45. The van der Waals surface area contributed by atoms with Crippen LogP contribution in [-0.2, 0) is 0 Å². The van der Waals surface area contributed by atoms with Gasteiger partial charge >= 0.3 is 0 Å². The minimum Gasteiger partial charge on any atom is -0.396 e. The van der Waals surface area contributed by atoms with E-state index in [1.165, 1.54) is 0 Å². The van der Waals surface area contributed by atoms with Gasteiger partial charge in [0.15, 0.2) is 0 Å². The minimum absolute atomic E-state index is 0.0599. The van der Waals surface area contributed by atoms with Crippen molar-refractivity contribution in [3.63, 3.8) is 0 Å². The van der Waals surface area contributed by atoms with Crippen LogP contribution in [0.15, 0.2) is 18.3 Å². The molecule has 2 N–H and O–H groups in total. The lowest BCUT2D eigenvalue weighted by atomic mass is 9.86. The van der Waals surface area contributed by atoms with E-state index in [0.29, 0.717) is 5.56 Å². The smallest absolute Gasteiger partial charge is 0.126 e. The zero-order valence-corrected chi connectivity index (χ0v) is 9.98. The molecule has 1 saturated carbocycles. The number of nitrogens with zero attached hydrogens (tertiary/aromatic N) is 2. The lowest BCUT2D eigenvalue weighted by molar-refractivity contribution is 0.139. The first kappa shape index (κ1) is 11.9. The molecule has 2 rings (SSSR count). The fourth-order valence-electron chi connectivity index (χ4n) is 2.39. The Bertz CT molecular complexity index is 423. The highest BCUT2D eigenvalue weighted by atomic mass is 16.3. The molecule has 1 aromatic rings. The molecule has 17 heavy (non-hydrogen) atoms. The first-order valence-corrected chi connectivity index (χ1v) is 5.91. The van der Waals surface area contributed by atoms with Crippen molar-refractivity contribution in [2.24, 2.45) is 5.41 Å². The predicted molar refractivity (Wildman–Crippen MR) is 65.4 cm³/mol. The molecule has 1 heterocycles. The molecule has 1 aromatic heterocycles. The molecule has 0 saturated heterocycles. The van der Waals surface area contributed by atoms with Gasteiger partial charge in [0.05, 0.1) is 12.2 Å². The van der Waals surface area contributed by atoms with Crippen molar-refractivity contribution in [2.75, 3.05) is 11.9 Å². The number of aromatic nitrogens is 1. The zero-order valence-electron chi connectivity index (χ0n) is 9.98. The first-order valence-electron chi connectivity index (χ1n) is 5.91. The number of nitrogens with one attached hydrogen (secondary N) is 1. The Balaban J connectivity index is 2.08. The number of aliphatic hydroxyl groups is 1. The Hall–Kier alpha value is -1.60. The average molecular weight is 231 g/mol. The number of pyridine rings is 1. The molecule has 1 fully saturated rings. The van der Waals surface area contributed by atoms with Crippen molar-refractivity contribution in [3.05, 3.63) is 23.9 Å². The molecule has 4 nitrogen and oxygen atoms in total. The van der Waals surface area contributed by atoms with Gasteiger partial charge < -0.3 is 10.4 Å². The van der Waals surface area contributed by atoms with Crippen LogP contribution in [0.25, 0.3) is 0 Å². The number of anilines is 1. The molecule has 0 radical (unpaired) electrons. The second-order valence-electron chi connectivity index (χ2n) is 4.95. The largest absolute Gasteiger partial charge is 0.396 e. The highest BCUT2D eigenvalue weighted by Gasteiger charge is 2.38. The third-order valence-corrected chi connectivity index (χ3v) is 3.66. The Morgan fingerprint density at radius 2 is 2.47 bits per heavy atom. The van der Waals surface area contributed by atoms with E-state index >= 15 is 0 Å². The van der Waals surface area contributed by atoms with Crippen LogP contribution >= 0.6 is 0 Å². The summed E-state index contributed by atoms with van der Waals surface area (Å²) in [7, 11) is 0. The van der Waals surface area contributed by atoms with Gasteiger partial charge in [-0.25, -0.2) is 4.98 Å². The highest BCUT2D eigenvalue weighted by molar-refractivity contribution is 5.40. The first-order chi connectivity index (χ1) is 8.18. The van der Waals surface area contributed by atoms with Gasteiger partial charge in [-0.05, 0) is 25.0 Å². The molecule has 1 aliphatic rings. The number of rotatable bonds is 3. The van der Waals surface area contributed by atoms with Crippen LogP contribution in [0.2, 0.25) is 0 Å². The van der Waals surface area contributed by atoms with Crippen molar-refractivity contribution in [1.82, 2.24) is 4.98 Å². The molecule has 4 heteroatoms. The van der Waals surface area contributed by atoms with Gasteiger partial charge in [0.2, 0.25) is 0 Å². The number of aliphatic hydroxyl groups excluding tert-OH is 1. The van der Waals surface area contributed by atoms with Crippen molar-refractivity contribution in [3.8, 4) is 6.07 Å². The predicted octanol–water partition coefficient (Wildman–Crippen LogP) is 1.92. The van der Waals surface area contributed by atoms with E-state index in [9.17, 15) is 5.11 Å². The van der Waals surface area contributed by atoms with E-state index in [2.05, 4.69) is 17.2 Å². The molecular weight excluding hydrogens is 214 g/mol. The molecule has 0 amide bonds. The van der Waals surface area contributed by atoms with Crippen molar-refractivity contribution in [2.45, 2.75) is 32.2 Å².